The number of thiophene rings is 1. The zero-order valence-electron chi connectivity index (χ0n) is 17.2. The molecule has 0 spiro atoms. The summed E-state index contributed by atoms with van der Waals surface area (Å²) in [5.74, 6) is 2.73. The molecule has 3 heterocycles. The third-order valence-electron chi connectivity index (χ3n) is 5.82. The molecule has 0 aliphatic carbocycles. The molecular formula is C23H28N2O3S. The van der Waals surface area contributed by atoms with Crippen molar-refractivity contribution in [3.63, 3.8) is 0 Å². The van der Waals surface area contributed by atoms with E-state index in [1.54, 1.807) is 18.4 Å². The van der Waals surface area contributed by atoms with Crippen LogP contribution in [0.4, 0.5) is 0 Å². The Morgan fingerprint density at radius 1 is 1.28 bits per heavy atom. The van der Waals surface area contributed by atoms with Crippen LogP contribution in [0, 0.1) is 19.8 Å². The molecule has 1 aliphatic rings. The summed E-state index contributed by atoms with van der Waals surface area (Å²) in [7, 11) is 1.68. The molecule has 1 saturated heterocycles. The maximum Gasteiger partial charge on any atom is 0.226 e. The second-order valence-electron chi connectivity index (χ2n) is 7.78. The molecule has 1 fully saturated rings. The van der Waals surface area contributed by atoms with Crippen molar-refractivity contribution >= 4 is 11.3 Å². The molecule has 2 aromatic heterocycles. The molecule has 5 nitrogen and oxygen atoms in total. The summed E-state index contributed by atoms with van der Waals surface area (Å²) in [6.45, 7) is 6.72. The van der Waals surface area contributed by atoms with Gasteiger partial charge in [-0.05, 0) is 80.9 Å². The van der Waals surface area contributed by atoms with Crippen molar-refractivity contribution in [3.8, 4) is 17.2 Å². The number of oxazole rings is 1. The van der Waals surface area contributed by atoms with Gasteiger partial charge in [-0.2, -0.15) is 0 Å². The summed E-state index contributed by atoms with van der Waals surface area (Å²) < 4.78 is 11.3. The summed E-state index contributed by atoms with van der Waals surface area (Å²) in [6, 6.07) is 10.0. The van der Waals surface area contributed by atoms with E-state index in [0.29, 0.717) is 11.8 Å². The van der Waals surface area contributed by atoms with Crippen molar-refractivity contribution in [1.82, 2.24) is 9.88 Å². The Morgan fingerprint density at radius 2 is 2.07 bits per heavy atom. The Kier molecular flexibility index (Phi) is 6.04. The van der Waals surface area contributed by atoms with E-state index in [2.05, 4.69) is 4.90 Å². The first-order valence-corrected chi connectivity index (χ1v) is 11.0. The van der Waals surface area contributed by atoms with E-state index in [0.717, 1.165) is 65.7 Å². The van der Waals surface area contributed by atoms with E-state index in [4.69, 9.17) is 14.1 Å². The van der Waals surface area contributed by atoms with Crippen LogP contribution in [0.5, 0.6) is 5.75 Å². The van der Waals surface area contributed by atoms with Crippen molar-refractivity contribution in [2.45, 2.75) is 39.3 Å². The second-order valence-corrected chi connectivity index (χ2v) is 8.76. The Bertz CT molecular complexity index is 943. The number of rotatable bonds is 6. The fourth-order valence-electron chi connectivity index (χ4n) is 4.04. The zero-order chi connectivity index (χ0) is 20.4. The smallest absolute Gasteiger partial charge is 0.226 e. The van der Waals surface area contributed by atoms with Gasteiger partial charge in [0.25, 0.3) is 0 Å². The average molecular weight is 413 g/mol. The van der Waals surface area contributed by atoms with Gasteiger partial charge in [-0.25, -0.2) is 4.98 Å². The molecular weight excluding hydrogens is 384 g/mol. The van der Waals surface area contributed by atoms with Gasteiger partial charge >= 0.3 is 0 Å². The fourth-order valence-corrected chi connectivity index (χ4v) is 4.84. The number of aryl methyl sites for hydroxylation is 2. The molecule has 1 atom stereocenters. The van der Waals surface area contributed by atoms with E-state index in [1.165, 1.54) is 0 Å². The van der Waals surface area contributed by atoms with Crippen molar-refractivity contribution < 1.29 is 14.3 Å². The van der Waals surface area contributed by atoms with Crippen LogP contribution >= 0.6 is 11.3 Å². The predicted molar refractivity (Wildman–Crippen MR) is 115 cm³/mol. The highest BCUT2D eigenvalue weighted by atomic mass is 32.1. The van der Waals surface area contributed by atoms with E-state index in [9.17, 15) is 5.11 Å². The normalized spacial score (nSPS) is 16.8. The van der Waals surface area contributed by atoms with Crippen LogP contribution in [-0.2, 0) is 6.54 Å². The van der Waals surface area contributed by atoms with Gasteiger partial charge in [0.05, 0.1) is 18.9 Å². The van der Waals surface area contributed by atoms with Crippen molar-refractivity contribution in [2.75, 3.05) is 20.2 Å². The number of piperidine rings is 1. The summed E-state index contributed by atoms with van der Waals surface area (Å²) in [4.78, 5) is 8.26. The molecule has 6 heteroatoms. The number of aliphatic hydroxyl groups excluding tert-OH is 1. The van der Waals surface area contributed by atoms with Crippen molar-refractivity contribution in [3.05, 3.63) is 57.6 Å². The second kappa shape index (κ2) is 8.69. The lowest BCUT2D eigenvalue weighted by Gasteiger charge is -2.33. The molecule has 0 bridgehead atoms. The van der Waals surface area contributed by atoms with E-state index < -0.39 is 0 Å². The Labute approximate surface area is 176 Å². The van der Waals surface area contributed by atoms with Crippen molar-refractivity contribution in [2.24, 2.45) is 5.92 Å². The Hall–Kier alpha value is -2.15. The maximum atomic E-state index is 10.6. The monoisotopic (exact) mass is 412 g/mol. The van der Waals surface area contributed by atoms with Gasteiger partial charge < -0.3 is 14.3 Å². The zero-order valence-corrected chi connectivity index (χ0v) is 18.0. The van der Waals surface area contributed by atoms with Gasteiger partial charge in [-0.1, -0.05) is 6.07 Å². The minimum absolute atomic E-state index is 0.334. The van der Waals surface area contributed by atoms with Crippen LogP contribution in [0.25, 0.3) is 11.5 Å². The minimum Gasteiger partial charge on any atom is -0.496 e. The lowest BCUT2D eigenvalue weighted by atomic mass is 9.90. The SMILES string of the molecule is COc1ccc(-c2nc(CN3CCC([C@H](O)c4cccs4)CC3)c(C)o2)cc1C. The highest BCUT2D eigenvalue weighted by Crippen LogP contribution is 2.34. The predicted octanol–water partition coefficient (Wildman–Crippen LogP) is 4.97. The lowest BCUT2D eigenvalue weighted by molar-refractivity contribution is 0.0586. The Balaban J connectivity index is 1.39. The summed E-state index contributed by atoms with van der Waals surface area (Å²) in [5, 5.41) is 12.6. The third kappa shape index (κ3) is 4.39. The number of hydrogen-bond donors (Lipinski definition) is 1. The summed E-state index contributed by atoms with van der Waals surface area (Å²) in [6.07, 6.45) is 1.66. The molecule has 0 radical (unpaired) electrons. The number of hydrogen-bond acceptors (Lipinski definition) is 6. The van der Waals surface area contributed by atoms with Gasteiger partial charge in [0.2, 0.25) is 5.89 Å². The van der Waals surface area contributed by atoms with Gasteiger partial charge in [-0.15, -0.1) is 11.3 Å². The number of likely N-dealkylation sites (tertiary alicyclic amines) is 1. The van der Waals surface area contributed by atoms with Crippen LogP contribution in [0.2, 0.25) is 0 Å². The molecule has 4 rings (SSSR count). The average Bonchev–Trinajstić information content (AvgIpc) is 3.39. The number of nitrogens with zero attached hydrogens (tertiary/aromatic N) is 2. The van der Waals surface area contributed by atoms with E-state index in [-0.39, 0.29) is 6.10 Å². The van der Waals surface area contributed by atoms with Gasteiger partial charge in [0, 0.05) is 17.0 Å². The third-order valence-corrected chi connectivity index (χ3v) is 6.76. The quantitative estimate of drug-likeness (QED) is 0.619. The largest absolute Gasteiger partial charge is 0.496 e. The number of aromatic nitrogens is 1. The molecule has 0 unspecified atom stereocenters. The maximum absolute atomic E-state index is 10.6. The molecule has 0 saturated carbocycles. The molecule has 1 N–H and O–H groups in total. The van der Waals surface area contributed by atoms with Crippen molar-refractivity contribution in [1.29, 1.82) is 0 Å². The first kappa shape index (κ1) is 20.1. The minimum atomic E-state index is -0.337. The van der Waals surface area contributed by atoms with Gasteiger partial charge in [0.1, 0.15) is 11.5 Å². The van der Waals surface area contributed by atoms with Crippen LogP contribution in [0.3, 0.4) is 0 Å². The van der Waals surface area contributed by atoms with Crippen LogP contribution < -0.4 is 4.74 Å². The molecule has 3 aromatic rings. The highest BCUT2D eigenvalue weighted by molar-refractivity contribution is 7.10. The summed E-state index contributed by atoms with van der Waals surface area (Å²) in [5.41, 5.74) is 3.02. The van der Waals surface area contributed by atoms with Crippen LogP contribution in [0.15, 0.2) is 40.1 Å². The first-order chi connectivity index (χ1) is 14.0. The number of ether oxygens (including phenoxy) is 1. The number of aliphatic hydroxyl groups is 1. The van der Waals surface area contributed by atoms with Gasteiger partial charge in [-0.3, -0.25) is 4.90 Å². The highest BCUT2D eigenvalue weighted by Gasteiger charge is 2.27. The molecule has 154 valence electrons. The molecule has 0 amide bonds. The number of methoxy groups -OCH3 is 1. The summed E-state index contributed by atoms with van der Waals surface area (Å²) >= 11 is 1.64. The topological polar surface area (TPSA) is 58.7 Å². The van der Waals surface area contributed by atoms with Gasteiger partial charge in [0.15, 0.2) is 0 Å². The van der Waals surface area contributed by atoms with E-state index in [1.807, 2.05) is 49.6 Å². The van der Waals surface area contributed by atoms with Crippen LogP contribution in [0.1, 0.15) is 40.8 Å². The standard InChI is InChI=1S/C23H28N2O3S/c1-15-13-18(6-7-20(15)27-3)23-24-19(16(2)28-23)14-25-10-8-17(9-11-25)22(26)21-5-4-12-29-21/h4-7,12-13,17,22,26H,8-11,14H2,1-3H3/t22-/m0/s1. The Morgan fingerprint density at radius 3 is 2.72 bits per heavy atom. The van der Waals surface area contributed by atoms with E-state index >= 15 is 0 Å². The first-order valence-electron chi connectivity index (χ1n) is 10.1. The molecule has 1 aromatic carbocycles. The fraction of sp³-hybridized carbons (Fsp3) is 0.435. The molecule has 1 aliphatic heterocycles. The van der Waals surface area contributed by atoms with Crippen LogP contribution in [-0.4, -0.2) is 35.2 Å². The molecule has 29 heavy (non-hydrogen) atoms. The lowest BCUT2D eigenvalue weighted by Crippen LogP contribution is -2.35. The number of benzene rings is 1.